The molecule has 0 aliphatic heterocycles. The largest absolute Gasteiger partial charge is 0.507 e. The van der Waals surface area contributed by atoms with E-state index in [1.54, 1.807) is 6.07 Å². The average Bonchev–Trinajstić information content (AvgIpc) is 3.69. The van der Waals surface area contributed by atoms with Crippen molar-refractivity contribution >= 4 is 11.0 Å². The number of aromatic hydroxyl groups is 1. The van der Waals surface area contributed by atoms with E-state index in [1.165, 1.54) is 11.1 Å². The first-order valence-electron chi connectivity index (χ1n) is 19.9. The number of benzene rings is 8. The van der Waals surface area contributed by atoms with Crippen molar-refractivity contribution in [2.75, 3.05) is 0 Å². The van der Waals surface area contributed by atoms with Gasteiger partial charge < -0.3 is 5.11 Å². The highest BCUT2D eigenvalue weighted by molar-refractivity contribution is 5.98. The van der Waals surface area contributed by atoms with E-state index in [4.69, 9.17) is 9.97 Å². The lowest BCUT2D eigenvalue weighted by Crippen LogP contribution is -2.01. The molecule has 8 aromatic carbocycles. The number of para-hydroxylation sites is 2. The number of phenolic OH excluding ortho intramolecular Hbond substituents is 1. The monoisotopic (exact) mass is 757 g/mol. The number of pyridine rings is 1. The summed E-state index contributed by atoms with van der Waals surface area (Å²) in [6.45, 7) is 0. The maximum atomic E-state index is 11.4. The predicted molar refractivity (Wildman–Crippen MR) is 242 cm³/mol. The van der Waals surface area contributed by atoms with Crippen LogP contribution >= 0.6 is 0 Å². The molecule has 10 rings (SSSR count). The van der Waals surface area contributed by atoms with Crippen molar-refractivity contribution in [1.29, 1.82) is 0 Å². The second-order valence-corrected chi connectivity index (χ2v) is 14.8. The molecule has 0 bridgehead atoms. The number of nitrogens with zero attached hydrogens (tertiary/aromatic N) is 3. The molecular formula is C55H39N3O. The van der Waals surface area contributed by atoms with E-state index in [1.807, 2.05) is 42.6 Å². The lowest BCUT2D eigenvalue weighted by molar-refractivity contribution is 0.477. The van der Waals surface area contributed by atoms with Gasteiger partial charge in [0.15, 0.2) is 0 Å². The lowest BCUT2D eigenvalue weighted by atomic mass is 9.94. The Bertz CT molecular complexity index is 3070. The van der Waals surface area contributed by atoms with Crippen molar-refractivity contribution < 1.29 is 5.11 Å². The van der Waals surface area contributed by atoms with Gasteiger partial charge in [-0.2, -0.15) is 0 Å². The zero-order valence-corrected chi connectivity index (χ0v) is 32.3. The normalized spacial score (nSPS) is 11.2. The van der Waals surface area contributed by atoms with Crippen molar-refractivity contribution in [3.05, 3.63) is 230 Å². The molecule has 2 heterocycles. The van der Waals surface area contributed by atoms with Gasteiger partial charge in [0.2, 0.25) is 0 Å². The van der Waals surface area contributed by atoms with Gasteiger partial charge in [-0.15, -0.1) is 0 Å². The van der Waals surface area contributed by atoms with Crippen LogP contribution < -0.4 is 0 Å². The molecule has 4 nitrogen and oxygen atoms in total. The number of aromatic nitrogens is 3. The number of fused-ring (bicyclic) bond motifs is 1. The second kappa shape index (κ2) is 15.6. The highest BCUT2D eigenvalue weighted by Crippen LogP contribution is 2.42. The van der Waals surface area contributed by atoms with Crippen molar-refractivity contribution in [2.45, 2.75) is 6.42 Å². The summed E-state index contributed by atoms with van der Waals surface area (Å²) >= 11 is 0. The van der Waals surface area contributed by atoms with Crippen LogP contribution in [0.2, 0.25) is 0 Å². The Kier molecular flexibility index (Phi) is 9.41. The summed E-state index contributed by atoms with van der Waals surface area (Å²) < 4.78 is 2.21. The van der Waals surface area contributed by atoms with Crippen molar-refractivity contribution in [3.63, 3.8) is 0 Å². The minimum Gasteiger partial charge on any atom is -0.507 e. The third-order valence-corrected chi connectivity index (χ3v) is 11.0. The van der Waals surface area contributed by atoms with E-state index >= 15 is 0 Å². The van der Waals surface area contributed by atoms with E-state index in [0.717, 1.165) is 78.9 Å². The highest BCUT2D eigenvalue weighted by Gasteiger charge is 2.22. The third kappa shape index (κ3) is 7.09. The number of rotatable bonds is 9. The predicted octanol–water partition coefficient (Wildman–Crippen LogP) is 13.7. The first kappa shape index (κ1) is 35.6. The minimum absolute atomic E-state index is 0.171. The Balaban J connectivity index is 1.21. The Hall–Kier alpha value is -7.82. The molecule has 0 amide bonds. The van der Waals surface area contributed by atoms with E-state index in [2.05, 4.69) is 174 Å². The molecule has 4 heteroatoms. The van der Waals surface area contributed by atoms with Crippen LogP contribution in [0.5, 0.6) is 5.75 Å². The van der Waals surface area contributed by atoms with Gasteiger partial charge >= 0.3 is 0 Å². The van der Waals surface area contributed by atoms with E-state index in [9.17, 15) is 5.11 Å². The molecular weight excluding hydrogens is 719 g/mol. The Morgan fingerprint density at radius 3 is 1.73 bits per heavy atom. The Morgan fingerprint density at radius 2 is 1.02 bits per heavy atom. The van der Waals surface area contributed by atoms with Gasteiger partial charge in [-0.1, -0.05) is 158 Å². The molecule has 280 valence electrons. The molecule has 0 fully saturated rings. The van der Waals surface area contributed by atoms with E-state index in [-0.39, 0.29) is 5.75 Å². The van der Waals surface area contributed by atoms with Gasteiger partial charge in [0, 0.05) is 22.9 Å². The lowest BCUT2D eigenvalue weighted by Gasteiger charge is -2.17. The van der Waals surface area contributed by atoms with E-state index in [0.29, 0.717) is 11.4 Å². The average molecular weight is 758 g/mol. The molecule has 0 atom stereocenters. The molecule has 59 heavy (non-hydrogen) atoms. The van der Waals surface area contributed by atoms with Gasteiger partial charge in [0.05, 0.1) is 28.0 Å². The highest BCUT2D eigenvalue weighted by atomic mass is 16.3. The topological polar surface area (TPSA) is 50.9 Å². The third-order valence-electron chi connectivity index (χ3n) is 11.0. The fraction of sp³-hybridized carbons (Fsp3) is 0.0182. The summed E-state index contributed by atoms with van der Waals surface area (Å²) in [5, 5.41) is 11.4. The van der Waals surface area contributed by atoms with E-state index < -0.39 is 0 Å². The van der Waals surface area contributed by atoms with Crippen LogP contribution in [-0.2, 0) is 6.42 Å². The first-order chi connectivity index (χ1) is 29.2. The summed E-state index contributed by atoms with van der Waals surface area (Å²) in [5.41, 5.74) is 16.5. The first-order valence-corrected chi connectivity index (χ1v) is 19.9. The summed E-state index contributed by atoms with van der Waals surface area (Å²) in [5.74, 6) is 0.831. The van der Waals surface area contributed by atoms with Gasteiger partial charge in [0.25, 0.3) is 0 Å². The zero-order valence-electron chi connectivity index (χ0n) is 32.3. The van der Waals surface area contributed by atoms with Crippen molar-refractivity contribution in [2.24, 2.45) is 0 Å². The molecule has 0 aliphatic rings. The van der Waals surface area contributed by atoms with Crippen LogP contribution in [0, 0.1) is 0 Å². The maximum Gasteiger partial charge on any atom is 0.149 e. The molecule has 0 saturated heterocycles. The van der Waals surface area contributed by atoms with Crippen LogP contribution in [-0.4, -0.2) is 19.6 Å². The molecule has 1 N–H and O–H groups in total. The molecule has 10 aromatic rings. The van der Waals surface area contributed by atoms with Crippen molar-refractivity contribution in [3.8, 4) is 78.6 Å². The standard InChI is InChI=1S/C55H39N3O/c59-53-27-14-13-24-48(53)55-57-54-47(25-15-26-52(54)58(55)51-29-28-43(40-18-7-2-8-19-40)36-49(51)42-22-11-4-12-23-42)45-33-39(32-38-16-5-1-6-17-38)34-46(35-45)50-37-44(30-31-56-50)41-20-9-3-10-21-41/h1-31,33-37,59H,32H2. The molecule has 0 saturated carbocycles. The molecule has 0 spiro atoms. The van der Waals surface area contributed by atoms with Gasteiger partial charge in [-0.05, 0) is 106 Å². The van der Waals surface area contributed by atoms with Crippen LogP contribution in [0.25, 0.3) is 83.9 Å². The summed E-state index contributed by atoms with van der Waals surface area (Å²) in [6, 6.07) is 73.5. The summed E-state index contributed by atoms with van der Waals surface area (Å²) in [6.07, 6.45) is 2.66. The molecule has 2 aromatic heterocycles. The maximum absolute atomic E-state index is 11.4. The number of hydrogen-bond acceptors (Lipinski definition) is 3. The van der Waals surface area contributed by atoms with Crippen LogP contribution in [0.4, 0.5) is 0 Å². The fourth-order valence-electron chi connectivity index (χ4n) is 8.14. The molecule has 0 radical (unpaired) electrons. The summed E-state index contributed by atoms with van der Waals surface area (Å²) in [4.78, 5) is 10.4. The SMILES string of the molecule is Oc1ccccc1-c1nc2c(-c3cc(Cc4ccccc4)cc(-c4cc(-c5ccccc5)ccn4)c3)cccc2n1-c1ccc(-c2ccccc2)cc1-c1ccccc1. The molecule has 0 unspecified atom stereocenters. The van der Waals surface area contributed by atoms with Crippen LogP contribution in [0.15, 0.2) is 219 Å². The smallest absolute Gasteiger partial charge is 0.149 e. The van der Waals surface area contributed by atoms with Gasteiger partial charge in [-0.3, -0.25) is 9.55 Å². The summed E-state index contributed by atoms with van der Waals surface area (Å²) in [7, 11) is 0. The van der Waals surface area contributed by atoms with Crippen LogP contribution in [0.3, 0.4) is 0 Å². The second-order valence-electron chi connectivity index (χ2n) is 14.8. The zero-order chi connectivity index (χ0) is 39.5. The number of phenols is 1. The van der Waals surface area contributed by atoms with Gasteiger partial charge in [-0.25, -0.2) is 4.98 Å². The Morgan fingerprint density at radius 1 is 0.407 bits per heavy atom. The van der Waals surface area contributed by atoms with Crippen LogP contribution in [0.1, 0.15) is 11.1 Å². The fourth-order valence-corrected chi connectivity index (χ4v) is 8.14. The number of hydrogen-bond donors (Lipinski definition) is 1. The number of imidazole rings is 1. The Labute approximate surface area is 344 Å². The van der Waals surface area contributed by atoms with Gasteiger partial charge in [0.1, 0.15) is 11.6 Å². The van der Waals surface area contributed by atoms with Crippen molar-refractivity contribution in [1.82, 2.24) is 14.5 Å². The molecule has 0 aliphatic carbocycles. The minimum atomic E-state index is 0.171. The quantitative estimate of drug-likeness (QED) is 0.159.